The van der Waals surface area contributed by atoms with E-state index in [9.17, 15) is 14.4 Å². The van der Waals surface area contributed by atoms with E-state index >= 15 is 0 Å². The maximum atomic E-state index is 13.4. The number of aryl methyl sites for hydroxylation is 3. The minimum absolute atomic E-state index is 0.201. The number of nitrogens with one attached hydrogen (secondary N) is 1. The zero-order chi connectivity index (χ0) is 27.6. The van der Waals surface area contributed by atoms with Crippen LogP contribution in [0.3, 0.4) is 0 Å². The first-order chi connectivity index (χ1) is 18.1. The van der Waals surface area contributed by atoms with E-state index < -0.39 is 17.8 Å². The second-order valence-electron chi connectivity index (χ2n) is 9.22. The SMILES string of the molecule is CCOc1cc(/C=C2\C(=O)NC(=O)N(c3cccc(C)c3C)C2=O)cc(Cl)c1OCc1cc(C)cc(C)c1. The maximum Gasteiger partial charge on any atom is 0.335 e. The van der Waals surface area contributed by atoms with Gasteiger partial charge in [-0.3, -0.25) is 14.9 Å². The minimum Gasteiger partial charge on any atom is -0.490 e. The second-order valence-corrected chi connectivity index (χ2v) is 9.63. The predicted octanol–water partition coefficient (Wildman–Crippen LogP) is 6.22. The van der Waals surface area contributed by atoms with E-state index in [2.05, 4.69) is 11.4 Å². The van der Waals surface area contributed by atoms with Crippen LogP contribution in [0, 0.1) is 27.7 Å². The average Bonchev–Trinajstić information content (AvgIpc) is 2.83. The Morgan fingerprint density at radius 3 is 2.34 bits per heavy atom. The summed E-state index contributed by atoms with van der Waals surface area (Å²) in [7, 11) is 0. The highest BCUT2D eigenvalue weighted by Crippen LogP contribution is 2.38. The molecule has 1 fully saturated rings. The van der Waals surface area contributed by atoms with Crippen molar-refractivity contribution in [3.05, 3.63) is 92.5 Å². The van der Waals surface area contributed by atoms with Crippen molar-refractivity contribution in [3.8, 4) is 11.5 Å². The Balaban J connectivity index is 1.68. The van der Waals surface area contributed by atoms with E-state index in [0.29, 0.717) is 29.4 Å². The molecule has 0 aliphatic carbocycles. The van der Waals surface area contributed by atoms with Crippen molar-refractivity contribution in [2.75, 3.05) is 11.5 Å². The van der Waals surface area contributed by atoms with Crippen LogP contribution in [0.4, 0.5) is 10.5 Å². The molecule has 196 valence electrons. The van der Waals surface area contributed by atoms with Crippen LogP contribution in [0.5, 0.6) is 11.5 Å². The summed E-state index contributed by atoms with van der Waals surface area (Å²) in [6, 6.07) is 13.9. The van der Waals surface area contributed by atoms with Gasteiger partial charge in [-0.2, -0.15) is 0 Å². The molecule has 1 N–H and O–H groups in total. The molecular weight excluding hydrogens is 504 g/mol. The standard InChI is InChI=1S/C30H29ClN2O5/c1-6-37-26-15-21(14-24(31)27(26)38-16-22-11-17(2)10-18(3)12-22)13-23-28(34)32-30(36)33(29(23)35)25-9-7-8-19(4)20(25)5/h7-15H,6,16H2,1-5H3,(H,32,34,36)/b23-13+. The Labute approximate surface area is 227 Å². The van der Waals surface area contributed by atoms with E-state index in [0.717, 1.165) is 32.7 Å². The third kappa shape index (κ3) is 5.58. The van der Waals surface area contributed by atoms with Gasteiger partial charge in [-0.1, -0.05) is 53.1 Å². The molecule has 4 amide bonds. The molecule has 38 heavy (non-hydrogen) atoms. The summed E-state index contributed by atoms with van der Waals surface area (Å²) in [6.07, 6.45) is 1.39. The summed E-state index contributed by atoms with van der Waals surface area (Å²) in [4.78, 5) is 39.7. The first-order valence-corrected chi connectivity index (χ1v) is 12.6. The summed E-state index contributed by atoms with van der Waals surface area (Å²) >= 11 is 6.59. The van der Waals surface area contributed by atoms with Gasteiger partial charge in [0.2, 0.25) is 0 Å². The molecule has 0 atom stereocenters. The number of nitrogens with zero attached hydrogens (tertiary/aromatic N) is 1. The fourth-order valence-electron chi connectivity index (χ4n) is 4.40. The van der Waals surface area contributed by atoms with Gasteiger partial charge in [0.15, 0.2) is 11.5 Å². The molecule has 7 nitrogen and oxygen atoms in total. The third-order valence-corrected chi connectivity index (χ3v) is 6.51. The first kappa shape index (κ1) is 26.9. The lowest BCUT2D eigenvalue weighted by atomic mass is 10.0. The van der Waals surface area contributed by atoms with Crippen LogP contribution < -0.4 is 19.7 Å². The Morgan fingerprint density at radius 2 is 1.66 bits per heavy atom. The number of benzene rings is 3. The number of imide groups is 2. The van der Waals surface area contributed by atoms with Gasteiger partial charge >= 0.3 is 6.03 Å². The Morgan fingerprint density at radius 1 is 0.947 bits per heavy atom. The molecule has 1 heterocycles. The fraction of sp³-hybridized carbons (Fsp3) is 0.233. The molecule has 1 aliphatic heterocycles. The zero-order valence-corrected chi connectivity index (χ0v) is 22.7. The van der Waals surface area contributed by atoms with Crippen LogP contribution in [0.2, 0.25) is 5.02 Å². The van der Waals surface area contributed by atoms with E-state index in [1.54, 1.807) is 24.3 Å². The van der Waals surface area contributed by atoms with Crippen LogP contribution in [-0.2, 0) is 16.2 Å². The minimum atomic E-state index is -0.797. The normalized spacial score (nSPS) is 14.6. The number of urea groups is 1. The molecular formula is C30H29ClN2O5. The number of hydrogen-bond acceptors (Lipinski definition) is 5. The number of anilines is 1. The van der Waals surface area contributed by atoms with Crippen molar-refractivity contribution < 1.29 is 23.9 Å². The summed E-state index contributed by atoms with van der Waals surface area (Å²) in [5, 5.41) is 2.52. The lowest BCUT2D eigenvalue weighted by molar-refractivity contribution is -0.122. The molecule has 3 aromatic rings. The maximum absolute atomic E-state index is 13.4. The van der Waals surface area contributed by atoms with Crippen LogP contribution in [0.15, 0.2) is 54.1 Å². The molecule has 0 spiro atoms. The van der Waals surface area contributed by atoms with Gasteiger partial charge in [-0.05, 0) is 81.1 Å². The number of carbonyl (C=O) groups excluding carboxylic acids is 3. The smallest absolute Gasteiger partial charge is 0.335 e. The number of rotatable bonds is 7. The number of carbonyl (C=O) groups is 3. The zero-order valence-electron chi connectivity index (χ0n) is 22.0. The molecule has 0 aromatic heterocycles. The molecule has 3 aromatic carbocycles. The highest BCUT2D eigenvalue weighted by atomic mass is 35.5. The highest BCUT2D eigenvalue weighted by molar-refractivity contribution is 6.39. The van der Waals surface area contributed by atoms with E-state index in [1.165, 1.54) is 6.08 Å². The van der Waals surface area contributed by atoms with E-state index in [4.69, 9.17) is 21.1 Å². The van der Waals surface area contributed by atoms with Crippen molar-refractivity contribution >= 4 is 41.2 Å². The summed E-state index contributed by atoms with van der Waals surface area (Å²) in [5.41, 5.74) is 5.59. The topological polar surface area (TPSA) is 84.9 Å². The molecule has 0 unspecified atom stereocenters. The van der Waals surface area contributed by atoms with E-state index in [1.807, 2.05) is 52.8 Å². The molecule has 0 radical (unpaired) electrons. The van der Waals surface area contributed by atoms with E-state index in [-0.39, 0.29) is 17.2 Å². The molecule has 0 saturated carbocycles. The first-order valence-electron chi connectivity index (χ1n) is 12.2. The van der Waals surface area contributed by atoms with Gasteiger partial charge in [0.25, 0.3) is 11.8 Å². The Hall–Kier alpha value is -4.10. The van der Waals surface area contributed by atoms with Crippen LogP contribution in [0.1, 0.15) is 40.3 Å². The second kappa shape index (κ2) is 11.1. The number of hydrogen-bond donors (Lipinski definition) is 1. The lowest BCUT2D eigenvalue weighted by Crippen LogP contribution is -2.54. The largest absolute Gasteiger partial charge is 0.490 e. The summed E-state index contributed by atoms with van der Waals surface area (Å²) in [5.74, 6) is -0.772. The van der Waals surface area contributed by atoms with Crippen molar-refractivity contribution in [1.82, 2.24) is 5.32 Å². The van der Waals surface area contributed by atoms with Crippen LogP contribution >= 0.6 is 11.6 Å². The molecule has 4 rings (SSSR count). The van der Waals surface area contributed by atoms with Crippen molar-refractivity contribution in [2.24, 2.45) is 0 Å². The predicted molar refractivity (Wildman–Crippen MR) is 148 cm³/mol. The van der Waals surface area contributed by atoms with Gasteiger partial charge in [0.05, 0.1) is 17.3 Å². The third-order valence-electron chi connectivity index (χ3n) is 6.23. The molecule has 8 heteroatoms. The van der Waals surface area contributed by atoms with Crippen molar-refractivity contribution in [1.29, 1.82) is 0 Å². The number of amides is 4. The van der Waals surface area contributed by atoms with Gasteiger partial charge in [-0.15, -0.1) is 0 Å². The van der Waals surface area contributed by atoms with Gasteiger partial charge in [-0.25, -0.2) is 9.69 Å². The summed E-state index contributed by atoms with van der Waals surface area (Å²) in [6.45, 7) is 10.2. The van der Waals surface area contributed by atoms with Gasteiger partial charge in [0.1, 0.15) is 12.2 Å². The Kier molecular flexibility index (Phi) is 7.88. The number of ether oxygens (including phenoxy) is 2. The van der Waals surface area contributed by atoms with Crippen molar-refractivity contribution in [2.45, 2.75) is 41.2 Å². The molecule has 0 bridgehead atoms. The number of halogens is 1. The van der Waals surface area contributed by atoms with Gasteiger partial charge in [0, 0.05) is 0 Å². The lowest BCUT2D eigenvalue weighted by Gasteiger charge is -2.28. The molecule has 1 aliphatic rings. The average molecular weight is 533 g/mol. The number of barbiturate groups is 1. The van der Waals surface area contributed by atoms with Crippen LogP contribution in [-0.4, -0.2) is 24.5 Å². The highest BCUT2D eigenvalue weighted by Gasteiger charge is 2.37. The fourth-order valence-corrected chi connectivity index (χ4v) is 4.68. The quantitative estimate of drug-likeness (QED) is 0.288. The van der Waals surface area contributed by atoms with Gasteiger partial charge < -0.3 is 9.47 Å². The summed E-state index contributed by atoms with van der Waals surface area (Å²) < 4.78 is 11.8. The van der Waals surface area contributed by atoms with Crippen LogP contribution in [0.25, 0.3) is 6.08 Å². The Bertz CT molecular complexity index is 1460. The molecule has 1 saturated heterocycles. The monoisotopic (exact) mass is 532 g/mol. The van der Waals surface area contributed by atoms with Crippen molar-refractivity contribution in [3.63, 3.8) is 0 Å².